The normalized spacial score (nSPS) is 17.1. The standard InChI is InChI=1S/C28H27ClN6O3/c29-22-14-9-17(23-7-4-8-25(30)32-23)15-21(22)27(37)33-26-16-24(34-35(26)19-5-2-1-3-6-19)28(38)31-18-10-12-20(36)13-11-18/h1-9,14-16,18,20,36H,10-13H2,(H2,30,32)(H,31,38)(H,33,37)/t18-,20-. The molecule has 0 atom stereocenters. The third-order valence-corrected chi connectivity index (χ3v) is 6.82. The number of hydrogen-bond acceptors (Lipinski definition) is 6. The molecule has 1 fully saturated rings. The number of anilines is 2. The van der Waals surface area contributed by atoms with E-state index < -0.39 is 5.91 Å². The van der Waals surface area contributed by atoms with E-state index in [9.17, 15) is 14.7 Å². The number of nitrogens with zero attached hydrogens (tertiary/aromatic N) is 3. The maximum Gasteiger partial charge on any atom is 0.272 e. The fourth-order valence-electron chi connectivity index (χ4n) is 4.48. The number of amides is 2. The molecule has 38 heavy (non-hydrogen) atoms. The van der Waals surface area contributed by atoms with Crippen LogP contribution in [0.15, 0.2) is 72.8 Å². The lowest BCUT2D eigenvalue weighted by molar-refractivity contribution is 0.0862. The van der Waals surface area contributed by atoms with Gasteiger partial charge in [0.2, 0.25) is 0 Å². The van der Waals surface area contributed by atoms with Crippen molar-refractivity contribution < 1.29 is 14.7 Å². The first-order chi connectivity index (χ1) is 18.4. The van der Waals surface area contributed by atoms with Crippen LogP contribution in [0.4, 0.5) is 11.6 Å². The second-order valence-corrected chi connectivity index (χ2v) is 9.64. The molecular formula is C28H27ClN6O3. The summed E-state index contributed by atoms with van der Waals surface area (Å²) in [5.74, 6) is -0.130. The van der Waals surface area contributed by atoms with Crippen LogP contribution in [0, 0.1) is 0 Å². The molecule has 5 N–H and O–H groups in total. The van der Waals surface area contributed by atoms with E-state index in [1.54, 1.807) is 36.4 Å². The molecule has 4 aromatic rings. The maximum atomic E-state index is 13.4. The van der Waals surface area contributed by atoms with Crippen molar-refractivity contribution in [3.8, 4) is 16.9 Å². The number of nitrogens with one attached hydrogen (secondary N) is 2. The zero-order valence-electron chi connectivity index (χ0n) is 20.5. The average molecular weight is 531 g/mol. The summed E-state index contributed by atoms with van der Waals surface area (Å²) in [6, 6.07) is 21.0. The van der Waals surface area contributed by atoms with Gasteiger partial charge in [-0.1, -0.05) is 41.9 Å². The lowest BCUT2D eigenvalue weighted by atomic mass is 9.93. The summed E-state index contributed by atoms with van der Waals surface area (Å²) >= 11 is 6.40. The Hall–Kier alpha value is -4.21. The number of rotatable bonds is 6. The quantitative estimate of drug-likeness (QED) is 0.291. The second kappa shape index (κ2) is 11.0. The van der Waals surface area contributed by atoms with E-state index in [1.165, 1.54) is 10.7 Å². The number of pyridine rings is 1. The van der Waals surface area contributed by atoms with Gasteiger partial charge in [-0.3, -0.25) is 9.59 Å². The van der Waals surface area contributed by atoms with Gasteiger partial charge in [0.15, 0.2) is 5.69 Å². The summed E-state index contributed by atoms with van der Waals surface area (Å²) in [5.41, 5.74) is 8.19. The van der Waals surface area contributed by atoms with Crippen molar-refractivity contribution in [1.82, 2.24) is 20.1 Å². The number of benzene rings is 2. The molecule has 194 valence electrons. The van der Waals surface area contributed by atoms with Gasteiger partial charge in [-0.25, -0.2) is 9.67 Å². The van der Waals surface area contributed by atoms with Gasteiger partial charge in [-0.15, -0.1) is 0 Å². The predicted molar refractivity (Wildman–Crippen MR) is 146 cm³/mol. The zero-order valence-corrected chi connectivity index (χ0v) is 21.2. The Bertz CT molecular complexity index is 1460. The largest absolute Gasteiger partial charge is 0.393 e. The zero-order chi connectivity index (χ0) is 26.6. The van der Waals surface area contributed by atoms with Crippen LogP contribution >= 0.6 is 11.6 Å². The molecule has 0 unspecified atom stereocenters. The van der Waals surface area contributed by atoms with Crippen molar-refractivity contribution in [2.45, 2.75) is 37.8 Å². The lowest BCUT2D eigenvalue weighted by Gasteiger charge is -2.25. The fourth-order valence-corrected chi connectivity index (χ4v) is 4.68. The summed E-state index contributed by atoms with van der Waals surface area (Å²) in [4.78, 5) is 30.7. The minimum absolute atomic E-state index is 0.0343. The van der Waals surface area contributed by atoms with Crippen molar-refractivity contribution in [3.05, 3.63) is 89.1 Å². The van der Waals surface area contributed by atoms with Crippen LogP contribution in [0.5, 0.6) is 0 Å². The lowest BCUT2D eigenvalue weighted by Crippen LogP contribution is -2.38. The Kier molecular flexibility index (Phi) is 7.39. The number of aliphatic hydroxyl groups is 1. The van der Waals surface area contributed by atoms with Crippen molar-refractivity contribution >= 4 is 35.1 Å². The number of aliphatic hydroxyl groups excluding tert-OH is 1. The van der Waals surface area contributed by atoms with Gasteiger partial charge in [0.1, 0.15) is 11.6 Å². The summed E-state index contributed by atoms with van der Waals surface area (Å²) in [5, 5.41) is 20.4. The average Bonchev–Trinajstić information content (AvgIpc) is 3.34. The van der Waals surface area contributed by atoms with E-state index in [-0.39, 0.29) is 34.3 Å². The Morgan fingerprint density at radius 2 is 1.71 bits per heavy atom. The number of carbonyl (C=O) groups is 2. The number of para-hydroxylation sites is 1. The monoisotopic (exact) mass is 530 g/mol. The van der Waals surface area contributed by atoms with Gasteiger partial charge < -0.3 is 21.5 Å². The predicted octanol–water partition coefficient (Wildman–Crippen LogP) is 4.46. The molecule has 1 aliphatic carbocycles. The molecular weight excluding hydrogens is 504 g/mol. The van der Waals surface area contributed by atoms with Crippen LogP contribution in [0.1, 0.15) is 46.5 Å². The van der Waals surface area contributed by atoms with Crippen LogP contribution in [0.2, 0.25) is 5.02 Å². The van der Waals surface area contributed by atoms with Crippen LogP contribution in [-0.4, -0.2) is 43.8 Å². The van der Waals surface area contributed by atoms with Crippen LogP contribution in [-0.2, 0) is 0 Å². The van der Waals surface area contributed by atoms with Crippen molar-refractivity contribution in [3.63, 3.8) is 0 Å². The van der Waals surface area contributed by atoms with Crippen LogP contribution in [0.3, 0.4) is 0 Å². The van der Waals surface area contributed by atoms with E-state index in [0.717, 1.165) is 0 Å². The van der Waals surface area contributed by atoms with Gasteiger partial charge in [-0.2, -0.15) is 5.10 Å². The third kappa shape index (κ3) is 5.69. The SMILES string of the molecule is Nc1cccc(-c2ccc(Cl)c(C(=O)Nc3cc(C(=O)N[C@H]4CC[C@H](O)CC4)nn3-c3ccccc3)c2)n1. The molecule has 2 amide bonds. The molecule has 2 aromatic heterocycles. The number of aromatic nitrogens is 3. The molecule has 5 rings (SSSR count). The first-order valence-electron chi connectivity index (χ1n) is 12.4. The molecule has 2 heterocycles. The number of nitrogen functional groups attached to an aromatic ring is 1. The topological polar surface area (TPSA) is 135 Å². The minimum atomic E-state index is -0.467. The second-order valence-electron chi connectivity index (χ2n) is 9.24. The molecule has 0 aliphatic heterocycles. The van der Waals surface area contributed by atoms with Gasteiger partial charge >= 0.3 is 0 Å². The smallest absolute Gasteiger partial charge is 0.272 e. The van der Waals surface area contributed by atoms with Gasteiger partial charge in [0.25, 0.3) is 11.8 Å². The Morgan fingerprint density at radius 3 is 2.45 bits per heavy atom. The molecule has 0 spiro atoms. The summed E-state index contributed by atoms with van der Waals surface area (Å²) < 4.78 is 1.51. The van der Waals surface area contributed by atoms with Gasteiger partial charge in [0, 0.05) is 17.7 Å². The summed E-state index contributed by atoms with van der Waals surface area (Å²) in [7, 11) is 0. The molecule has 1 aliphatic rings. The Balaban J connectivity index is 1.43. The molecule has 10 heteroatoms. The van der Waals surface area contributed by atoms with E-state index in [1.807, 2.05) is 30.3 Å². The highest BCUT2D eigenvalue weighted by Crippen LogP contribution is 2.27. The first kappa shape index (κ1) is 25.4. The maximum absolute atomic E-state index is 13.4. The summed E-state index contributed by atoms with van der Waals surface area (Å²) in [6.07, 6.45) is 2.38. The Labute approximate surface area is 224 Å². The summed E-state index contributed by atoms with van der Waals surface area (Å²) in [6.45, 7) is 0. The fraction of sp³-hybridized carbons (Fsp3) is 0.214. The Morgan fingerprint density at radius 1 is 0.947 bits per heavy atom. The van der Waals surface area contributed by atoms with Crippen molar-refractivity contribution in [1.29, 1.82) is 0 Å². The molecule has 2 aromatic carbocycles. The highest BCUT2D eigenvalue weighted by Gasteiger charge is 2.24. The third-order valence-electron chi connectivity index (χ3n) is 6.49. The molecule has 0 radical (unpaired) electrons. The molecule has 0 bridgehead atoms. The van der Waals surface area contributed by atoms with E-state index >= 15 is 0 Å². The first-order valence-corrected chi connectivity index (χ1v) is 12.7. The number of halogens is 1. The highest BCUT2D eigenvalue weighted by atomic mass is 35.5. The van der Waals surface area contributed by atoms with Crippen molar-refractivity contribution in [2.75, 3.05) is 11.1 Å². The van der Waals surface area contributed by atoms with Crippen LogP contribution in [0.25, 0.3) is 16.9 Å². The number of carbonyl (C=O) groups excluding carboxylic acids is 2. The molecule has 0 saturated heterocycles. The van der Waals surface area contributed by atoms with Gasteiger partial charge in [0.05, 0.1) is 28.1 Å². The van der Waals surface area contributed by atoms with Crippen LogP contribution < -0.4 is 16.4 Å². The van der Waals surface area contributed by atoms with E-state index in [4.69, 9.17) is 17.3 Å². The van der Waals surface area contributed by atoms with E-state index in [2.05, 4.69) is 20.7 Å². The van der Waals surface area contributed by atoms with Gasteiger partial charge in [-0.05, 0) is 62.1 Å². The van der Waals surface area contributed by atoms with Crippen molar-refractivity contribution in [2.24, 2.45) is 0 Å². The molecule has 9 nitrogen and oxygen atoms in total. The molecule has 1 saturated carbocycles. The minimum Gasteiger partial charge on any atom is -0.393 e. The number of nitrogens with two attached hydrogens (primary N) is 1. The number of hydrogen-bond donors (Lipinski definition) is 4. The van der Waals surface area contributed by atoms with E-state index in [0.29, 0.717) is 54.3 Å². The highest BCUT2D eigenvalue weighted by molar-refractivity contribution is 6.34.